The third-order valence-corrected chi connectivity index (χ3v) is 6.17. The standard InChI is InChI=1S/C24H33NO2.CH4.H2/c1-5-27-14-6-7-20(16(2)3)23-17(4)22-15-19(8-9-21(22)24(23)26)18-10-12-25-13-11-18;;/h8-9,15,18,20,23,25H,2,4-7,10-14H2,1,3H3;1H4;1H. The van der Waals surface area contributed by atoms with Crippen LogP contribution in [0.15, 0.2) is 36.9 Å². The van der Waals surface area contributed by atoms with Gasteiger partial charge in [-0.2, -0.15) is 0 Å². The van der Waals surface area contributed by atoms with Crippen LogP contribution in [0.5, 0.6) is 0 Å². The summed E-state index contributed by atoms with van der Waals surface area (Å²) in [5.74, 6) is 0.778. The first-order valence-corrected chi connectivity index (χ1v) is 10.4. The average Bonchev–Trinajstić information content (AvgIpc) is 2.93. The first-order valence-electron chi connectivity index (χ1n) is 10.4. The Morgan fingerprint density at radius 3 is 2.68 bits per heavy atom. The Kier molecular flexibility index (Phi) is 8.21. The molecule has 28 heavy (non-hydrogen) atoms. The number of nitrogens with one attached hydrogen (secondary N) is 1. The van der Waals surface area contributed by atoms with Gasteiger partial charge in [-0.1, -0.05) is 44.4 Å². The van der Waals surface area contributed by atoms with Gasteiger partial charge in [0.2, 0.25) is 0 Å². The summed E-state index contributed by atoms with van der Waals surface area (Å²) in [6.45, 7) is 16.2. The fourth-order valence-electron chi connectivity index (χ4n) is 4.62. The van der Waals surface area contributed by atoms with Gasteiger partial charge in [-0.15, -0.1) is 0 Å². The van der Waals surface area contributed by atoms with Crippen molar-refractivity contribution in [1.82, 2.24) is 5.32 Å². The van der Waals surface area contributed by atoms with Gasteiger partial charge in [-0.3, -0.25) is 4.79 Å². The molecule has 1 aromatic carbocycles. The molecular weight excluding hydrogens is 346 g/mol. The van der Waals surface area contributed by atoms with E-state index in [-0.39, 0.29) is 26.5 Å². The van der Waals surface area contributed by atoms with E-state index in [1.54, 1.807) is 0 Å². The van der Waals surface area contributed by atoms with E-state index in [1.807, 2.05) is 19.9 Å². The quantitative estimate of drug-likeness (QED) is 0.449. The van der Waals surface area contributed by atoms with Gasteiger partial charge in [0.05, 0.1) is 5.92 Å². The topological polar surface area (TPSA) is 38.3 Å². The van der Waals surface area contributed by atoms with Crippen LogP contribution < -0.4 is 5.32 Å². The van der Waals surface area contributed by atoms with E-state index in [1.165, 1.54) is 5.56 Å². The molecular formula is C25H39NO2. The van der Waals surface area contributed by atoms with Gasteiger partial charge < -0.3 is 10.1 Å². The molecule has 3 rings (SSSR count). The number of hydrogen-bond donors (Lipinski definition) is 1. The van der Waals surface area contributed by atoms with Crippen molar-refractivity contribution < 1.29 is 11.0 Å². The molecule has 0 radical (unpaired) electrons. The monoisotopic (exact) mass is 385 g/mol. The highest BCUT2D eigenvalue weighted by atomic mass is 16.5. The van der Waals surface area contributed by atoms with Crippen LogP contribution in [0.3, 0.4) is 0 Å². The largest absolute Gasteiger partial charge is 0.382 e. The van der Waals surface area contributed by atoms with Crippen molar-refractivity contribution >= 4 is 11.4 Å². The maximum absolute atomic E-state index is 13.2. The second-order valence-electron chi connectivity index (χ2n) is 7.99. The smallest absolute Gasteiger partial charge is 0.171 e. The molecule has 0 bridgehead atoms. The van der Waals surface area contributed by atoms with Crippen LogP contribution in [0.25, 0.3) is 5.57 Å². The maximum Gasteiger partial charge on any atom is 0.171 e. The fraction of sp³-hybridized carbons (Fsp3) is 0.560. The van der Waals surface area contributed by atoms with Crippen molar-refractivity contribution in [3.05, 3.63) is 53.6 Å². The second kappa shape index (κ2) is 10.2. The molecule has 0 amide bonds. The van der Waals surface area contributed by atoms with Crippen molar-refractivity contribution in [3.8, 4) is 0 Å². The minimum atomic E-state index is -0.164. The highest BCUT2D eigenvalue weighted by Crippen LogP contribution is 2.44. The highest BCUT2D eigenvalue weighted by molar-refractivity contribution is 6.14. The van der Waals surface area contributed by atoms with Gasteiger partial charge >= 0.3 is 0 Å². The maximum atomic E-state index is 13.2. The summed E-state index contributed by atoms with van der Waals surface area (Å²) in [5, 5.41) is 3.42. The first kappa shape index (κ1) is 22.6. The van der Waals surface area contributed by atoms with E-state index in [0.717, 1.165) is 74.3 Å². The number of benzene rings is 1. The number of piperidine rings is 1. The zero-order chi connectivity index (χ0) is 19.4. The van der Waals surface area contributed by atoms with Gasteiger partial charge in [-0.25, -0.2) is 0 Å². The summed E-state index contributed by atoms with van der Waals surface area (Å²) in [6, 6.07) is 6.43. The average molecular weight is 386 g/mol. The van der Waals surface area contributed by atoms with Crippen LogP contribution in [0.2, 0.25) is 0 Å². The molecule has 1 aliphatic carbocycles. The van der Waals surface area contributed by atoms with E-state index in [0.29, 0.717) is 5.92 Å². The van der Waals surface area contributed by atoms with Gasteiger partial charge in [0, 0.05) is 20.2 Å². The number of Topliss-reactive ketones (excluding diaryl/α,β-unsaturated/α-hetero) is 1. The molecule has 2 unspecified atom stereocenters. The molecule has 1 N–H and O–H groups in total. The Labute approximate surface area is 172 Å². The minimum absolute atomic E-state index is 0. The number of hydrogen-bond acceptors (Lipinski definition) is 3. The molecule has 0 spiro atoms. The zero-order valence-electron chi connectivity index (χ0n) is 16.9. The van der Waals surface area contributed by atoms with Crippen molar-refractivity contribution in [2.24, 2.45) is 11.8 Å². The Hall–Kier alpha value is -1.71. The molecule has 0 aromatic heterocycles. The molecule has 156 valence electrons. The van der Waals surface area contributed by atoms with Crippen molar-refractivity contribution in [3.63, 3.8) is 0 Å². The highest BCUT2D eigenvalue weighted by Gasteiger charge is 2.39. The van der Waals surface area contributed by atoms with E-state index in [9.17, 15) is 4.79 Å². The normalized spacial score (nSPS) is 20.6. The molecule has 1 fully saturated rings. The number of ketones is 1. The third kappa shape index (κ3) is 4.64. The molecule has 1 heterocycles. The lowest BCUT2D eigenvalue weighted by molar-refractivity contribution is 0.0923. The van der Waals surface area contributed by atoms with Crippen LogP contribution >= 0.6 is 0 Å². The van der Waals surface area contributed by atoms with Crippen LogP contribution in [0.1, 0.15) is 75.8 Å². The van der Waals surface area contributed by atoms with Gasteiger partial charge in [0.15, 0.2) is 5.78 Å². The number of carbonyl (C=O) groups excluding carboxylic acids is 1. The lowest BCUT2D eigenvalue weighted by Gasteiger charge is -2.24. The zero-order valence-corrected chi connectivity index (χ0v) is 16.9. The summed E-state index contributed by atoms with van der Waals surface area (Å²) >= 11 is 0. The summed E-state index contributed by atoms with van der Waals surface area (Å²) in [4.78, 5) is 13.2. The Balaban J connectivity index is 0.00000210. The van der Waals surface area contributed by atoms with Crippen LogP contribution in [-0.2, 0) is 4.74 Å². The fourth-order valence-corrected chi connectivity index (χ4v) is 4.62. The molecule has 1 saturated heterocycles. The van der Waals surface area contributed by atoms with E-state index in [4.69, 9.17) is 4.74 Å². The molecule has 3 nitrogen and oxygen atoms in total. The number of fused-ring (bicyclic) bond motifs is 1. The Morgan fingerprint density at radius 2 is 2.04 bits per heavy atom. The lowest BCUT2D eigenvalue weighted by Crippen LogP contribution is -2.26. The predicted octanol–water partition coefficient (Wildman–Crippen LogP) is 5.87. The number of allylic oxidation sites excluding steroid dienone is 2. The molecule has 0 saturated carbocycles. The van der Waals surface area contributed by atoms with Crippen molar-refractivity contribution in [1.29, 1.82) is 0 Å². The SMILES string of the molecule is C.C=C(C)C(CCCOCC)C1C(=C)c2cc(C3CCNCC3)ccc2C1=O.[HH]. The first-order chi connectivity index (χ1) is 13.0. The molecule has 2 atom stereocenters. The van der Waals surface area contributed by atoms with E-state index in [2.05, 4.69) is 30.6 Å². The van der Waals surface area contributed by atoms with Gasteiger partial charge in [-0.05, 0) is 81.2 Å². The number of carbonyl (C=O) groups is 1. The predicted molar refractivity (Wildman–Crippen MR) is 121 cm³/mol. The summed E-state index contributed by atoms with van der Waals surface area (Å²) < 4.78 is 5.48. The molecule has 3 heteroatoms. The lowest BCUT2D eigenvalue weighted by atomic mass is 9.79. The number of ether oxygens (including phenoxy) is 1. The Morgan fingerprint density at radius 1 is 1.32 bits per heavy atom. The third-order valence-electron chi connectivity index (χ3n) is 6.17. The summed E-state index contributed by atoms with van der Waals surface area (Å²) in [7, 11) is 0. The summed E-state index contributed by atoms with van der Waals surface area (Å²) in [5.41, 5.74) is 5.32. The van der Waals surface area contributed by atoms with Gasteiger partial charge in [0.1, 0.15) is 0 Å². The van der Waals surface area contributed by atoms with Crippen LogP contribution in [0, 0.1) is 11.8 Å². The number of rotatable bonds is 8. The Bertz CT molecular complexity index is 722. The van der Waals surface area contributed by atoms with Crippen molar-refractivity contribution in [2.45, 2.75) is 52.9 Å². The minimum Gasteiger partial charge on any atom is -0.382 e. The van der Waals surface area contributed by atoms with Gasteiger partial charge in [0.25, 0.3) is 0 Å². The molecule has 2 aliphatic rings. The molecule has 1 aromatic rings. The summed E-state index contributed by atoms with van der Waals surface area (Å²) in [6.07, 6.45) is 4.18. The van der Waals surface area contributed by atoms with Crippen molar-refractivity contribution in [2.75, 3.05) is 26.3 Å². The second-order valence-corrected chi connectivity index (χ2v) is 7.99. The van der Waals surface area contributed by atoms with E-state index < -0.39 is 0 Å². The van der Waals surface area contributed by atoms with E-state index >= 15 is 0 Å². The van der Waals surface area contributed by atoms with Crippen LogP contribution in [-0.4, -0.2) is 32.1 Å². The molecule has 1 aliphatic heterocycles. The van der Waals surface area contributed by atoms with Crippen LogP contribution in [0.4, 0.5) is 0 Å².